The molecule has 0 aliphatic carbocycles. The highest BCUT2D eigenvalue weighted by atomic mass is 16.5. The molecule has 0 unspecified atom stereocenters. The summed E-state index contributed by atoms with van der Waals surface area (Å²) in [6.07, 6.45) is 4.60. The zero-order valence-corrected chi connectivity index (χ0v) is 11.4. The van der Waals surface area contributed by atoms with E-state index in [1.165, 1.54) is 6.08 Å². The average molecular weight is 239 g/mol. The second-order valence-electron chi connectivity index (χ2n) is 6.03. The van der Waals surface area contributed by atoms with Crippen molar-refractivity contribution in [2.75, 3.05) is 0 Å². The Morgan fingerprint density at radius 2 is 1.71 bits per heavy atom. The van der Waals surface area contributed by atoms with Crippen LogP contribution in [0.1, 0.15) is 47.5 Å². The van der Waals surface area contributed by atoms with Gasteiger partial charge in [0.05, 0.1) is 0 Å². The number of carbonyl (C=O) groups excluding carboxylic acids is 1. The maximum atomic E-state index is 12.1. The van der Waals surface area contributed by atoms with E-state index in [1.807, 2.05) is 34.6 Å². The number of allylic oxidation sites excluding steroid dienone is 1. The lowest BCUT2D eigenvalue weighted by Crippen LogP contribution is -2.62. The van der Waals surface area contributed by atoms with Crippen LogP contribution in [0.2, 0.25) is 0 Å². The summed E-state index contributed by atoms with van der Waals surface area (Å²) in [5, 5.41) is 16.2. The molecule has 1 N–H and O–H groups in total. The highest BCUT2D eigenvalue weighted by Gasteiger charge is 2.46. The van der Waals surface area contributed by atoms with Crippen LogP contribution in [0, 0.1) is 0 Å². The third-order valence-electron chi connectivity index (χ3n) is 3.26. The molecule has 0 saturated carbocycles. The Morgan fingerprint density at radius 1 is 1.24 bits per heavy atom. The van der Waals surface area contributed by atoms with Gasteiger partial charge in [-0.25, -0.2) is 0 Å². The lowest BCUT2D eigenvalue weighted by molar-refractivity contribution is -0.289. The van der Waals surface area contributed by atoms with Crippen LogP contribution in [-0.2, 0) is 10.0 Å². The minimum atomic E-state index is -0.435. The summed E-state index contributed by atoms with van der Waals surface area (Å²) in [4.78, 5) is 11.5. The molecular weight excluding hydrogens is 216 g/mol. The first-order valence-electron chi connectivity index (χ1n) is 6.10. The molecular formula is C13H23N2O2. The Kier molecular flexibility index (Phi) is 3.99. The first-order valence-corrected chi connectivity index (χ1v) is 6.10. The largest absolute Gasteiger partial charge is 0.350 e. The van der Waals surface area contributed by atoms with Gasteiger partial charge in [-0.3, -0.25) is 4.79 Å². The molecule has 97 valence electrons. The first kappa shape index (κ1) is 14.2. The third-order valence-corrected chi connectivity index (χ3v) is 3.26. The maximum Gasteiger partial charge on any atom is 0.243 e. The average Bonchev–Trinajstić information content (AvgIpc) is 2.13. The molecule has 0 aromatic heterocycles. The van der Waals surface area contributed by atoms with E-state index in [4.69, 9.17) is 0 Å². The van der Waals surface area contributed by atoms with Crippen molar-refractivity contribution in [1.29, 1.82) is 0 Å². The van der Waals surface area contributed by atoms with Gasteiger partial charge >= 0.3 is 0 Å². The highest BCUT2D eigenvalue weighted by molar-refractivity contribution is 5.87. The molecule has 1 rings (SSSR count). The molecule has 1 heterocycles. The maximum absolute atomic E-state index is 12.1. The molecule has 4 heteroatoms. The zero-order valence-electron chi connectivity index (χ0n) is 11.4. The van der Waals surface area contributed by atoms with Crippen LogP contribution in [-0.4, -0.2) is 28.1 Å². The van der Waals surface area contributed by atoms with E-state index in [-0.39, 0.29) is 11.9 Å². The number of nitrogens with one attached hydrogen (secondary N) is 1. The summed E-state index contributed by atoms with van der Waals surface area (Å²) in [5.74, 6) is -0.0801. The normalized spacial score (nSPS) is 25.1. The molecule has 1 radical (unpaired) electrons. The molecule has 1 aliphatic heterocycles. The first-order chi connectivity index (χ1) is 7.69. The van der Waals surface area contributed by atoms with Crippen LogP contribution in [0.15, 0.2) is 12.2 Å². The summed E-state index contributed by atoms with van der Waals surface area (Å²) in [6, 6.07) is 0.0638. The van der Waals surface area contributed by atoms with Gasteiger partial charge in [-0.15, -0.1) is 10.3 Å². The van der Waals surface area contributed by atoms with Gasteiger partial charge in [-0.05, 0) is 53.5 Å². The molecule has 0 aromatic carbocycles. The lowest BCUT2D eigenvalue weighted by atomic mass is 9.79. The number of hydrogen-bond acceptors (Lipinski definition) is 2. The van der Waals surface area contributed by atoms with Crippen LogP contribution in [0.3, 0.4) is 0 Å². The minimum Gasteiger partial charge on any atom is -0.350 e. The number of nitrogens with zero attached hydrogens (tertiary/aromatic N) is 1. The van der Waals surface area contributed by atoms with E-state index in [1.54, 1.807) is 6.08 Å². The van der Waals surface area contributed by atoms with Crippen LogP contribution >= 0.6 is 0 Å². The number of rotatable bonds is 2. The third kappa shape index (κ3) is 3.30. The number of amides is 1. The van der Waals surface area contributed by atoms with Crippen molar-refractivity contribution in [2.45, 2.75) is 64.6 Å². The van der Waals surface area contributed by atoms with Gasteiger partial charge in [0.25, 0.3) is 0 Å². The Bertz CT molecular complexity index is 303. The highest BCUT2D eigenvalue weighted by Crippen LogP contribution is 2.36. The van der Waals surface area contributed by atoms with Crippen LogP contribution in [0.25, 0.3) is 0 Å². The Balaban J connectivity index is 2.75. The number of hydroxylamine groups is 2. The van der Waals surface area contributed by atoms with Crippen molar-refractivity contribution in [1.82, 2.24) is 10.4 Å². The zero-order chi connectivity index (χ0) is 13.3. The van der Waals surface area contributed by atoms with Crippen LogP contribution in [0.5, 0.6) is 0 Å². The predicted octanol–water partition coefficient (Wildman–Crippen LogP) is 2.05. The van der Waals surface area contributed by atoms with Gasteiger partial charge < -0.3 is 5.32 Å². The topological polar surface area (TPSA) is 52.2 Å². The fourth-order valence-electron chi connectivity index (χ4n) is 2.77. The van der Waals surface area contributed by atoms with E-state index in [2.05, 4.69) is 5.32 Å². The summed E-state index contributed by atoms with van der Waals surface area (Å²) in [5.41, 5.74) is -0.870. The van der Waals surface area contributed by atoms with Crippen molar-refractivity contribution in [3.63, 3.8) is 0 Å². The molecule has 0 bridgehead atoms. The quantitative estimate of drug-likeness (QED) is 0.750. The second kappa shape index (κ2) is 4.78. The van der Waals surface area contributed by atoms with Gasteiger partial charge in [-0.2, -0.15) is 0 Å². The Morgan fingerprint density at radius 3 is 2.12 bits per heavy atom. The van der Waals surface area contributed by atoms with E-state index in [9.17, 15) is 10.0 Å². The van der Waals surface area contributed by atoms with E-state index >= 15 is 0 Å². The molecule has 1 aliphatic rings. The second-order valence-corrected chi connectivity index (χ2v) is 6.03. The molecule has 1 fully saturated rings. The van der Waals surface area contributed by atoms with Gasteiger partial charge in [-0.1, -0.05) is 6.08 Å². The fourth-order valence-corrected chi connectivity index (χ4v) is 2.77. The predicted molar refractivity (Wildman–Crippen MR) is 66.7 cm³/mol. The van der Waals surface area contributed by atoms with Crippen molar-refractivity contribution >= 4 is 5.91 Å². The SMILES string of the molecule is C/C=C/C(=O)NC1CC(C)(C)N([O])C(C)(C)C1. The molecule has 0 aromatic rings. The number of hydrogen-bond donors (Lipinski definition) is 1. The van der Waals surface area contributed by atoms with Crippen LogP contribution in [0.4, 0.5) is 0 Å². The van der Waals surface area contributed by atoms with Gasteiger partial charge in [0.2, 0.25) is 5.91 Å². The number of piperidine rings is 1. The van der Waals surface area contributed by atoms with Gasteiger partial charge in [0.15, 0.2) is 0 Å². The molecule has 1 amide bonds. The van der Waals surface area contributed by atoms with E-state index in [0.29, 0.717) is 12.8 Å². The van der Waals surface area contributed by atoms with Crippen LogP contribution < -0.4 is 5.32 Å². The standard InChI is InChI=1S/C13H23N2O2/c1-6-7-11(16)14-10-8-12(2,3)15(17)13(4,5)9-10/h6-7,10H,8-9H2,1-5H3,(H,14,16)/b7-6+. The minimum absolute atomic E-state index is 0.0638. The van der Waals surface area contributed by atoms with Crippen molar-refractivity contribution in [3.05, 3.63) is 12.2 Å². The van der Waals surface area contributed by atoms with Gasteiger partial charge in [0, 0.05) is 17.1 Å². The summed E-state index contributed by atoms with van der Waals surface area (Å²) < 4.78 is 0. The lowest BCUT2D eigenvalue weighted by Gasteiger charge is -2.49. The van der Waals surface area contributed by atoms with E-state index in [0.717, 1.165) is 5.06 Å². The van der Waals surface area contributed by atoms with Gasteiger partial charge in [0.1, 0.15) is 0 Å². The number of carbonyl (C=O) groups is 1. The molecule has 17 heavy (non-hydrogen) atoms. The molecule has 1 saturated heterocycles. The summed E-state index contributed by atoms with van der Waals surface area (Å²) in [7, 11) is 0. The van der Waals surface area contributed by atoms with Crippen molar-refractivity contribution in [3.8, 4) is 0 Å². The van der Waals surface area contributed by atoms with E-state index < -0.39 is 11.1 Å². The molecule has 0 atom stereocenters. The Labute approximate surface area is 104 Å². The van der Waals surface area contributed by atoms with Crippen molar-refractivity contribution < 1.29 is 10.0 Å². The smallest absolute Gasteiger partial charge is 0.243 e. The monoisotopic (exact) mass is 239 g/mol. The molecule has 0 spiro atoms. The molecule has 4 nitrogen and oxygen atoms in total. The summed E-state index contributed by atoms with van der Waals surface area (Å²) in [6.45, 7) is 9.52. The van der Waals surface area contributed by atoms with Crippen molar-refractivity contribution in [2.24, 2.45) is 0 Å². The fraction of sp³-hybridized carbons (Fsp3) is 0.769. The summed E-state index contributed by atoms with van der Waals surface area (Å²) >= 11 is 0. The Hall–Kier alpha value is -0.870.